The van der Waals surface area contributed by atoms with Crippen LogP contribution in [-0.2, 0) is 9.47 Å². The van der Waals surface area contributed by atoms with E-state index in [9.17, 15) is 30.6 Å². The Morgan fingerprint density at radius 2 is 0.925 bits per heavy atom. The number of alkyl halides is 2. The molecule has 12 heteroatoms. The van der Waals surface area contributed by atoms with Gasteiger partial charge >= 0.3 is 0 Å². The third-order valence-electron chi connectivity index (χ3n) is 8.80. The largest absolute Gasteiger partial charge is 0.393 e. The number of hydrogen-bond acceptors (Lipinski definition) is 8. The fourth-order valence-corrected chi connectivity index (χ4v) is 6.81. The van der Waals surface area contributed by atoms with Crippen LogP contribution >= 0.6 is 46.4 Å². The SMILES string of the molecule is CC(O)C(C)COCC(C)C(C)(O)C1(Cl)C(CO)=C(Cl)C(Cl)=C(CO)C1(Cl)C(C)(O)C(C)COCC(C)C(C)O. The summed E-state index contributed by atoms with van der Waals surface area (Å²) < 4.78 is 11.6. The molecule has 0 fully saturated rings. The van der Waals surface area contributed by atoms with Gasteiger partial charge in [0.15, 0.2) is 0 Å². The Hall–Kier alpha value is 0.320. The van der Waals surface area contributed by atoms with Crippen molar-refractivity contribution in [2.75, 3.05) is 39.6 Å². The smallest absolute Gasteiger partial charge is 0.124 e. The van der Waals surface area contributed by atoms with Crippen LogP contribution in [0.3, 0.4) is 0 Å². The van der Waals surface area contributed by atoms with Crippen molar-refractivity contribution in [2.24, 2.45) is 23.7 Å². The lowest BCUT2D eigenvalue weighted by atomic mass is 9.57. The summed E-state index contributed by atoms with van der Waals surface area (Å²) in [6, 6.07) is 0. The van der Waals surface area contributed by atoms with E-state index < -0.39 is 58.2 Å². The Labute approximate surface area is 258 Å². The fraction of sp³-hybridized carbons (Fsp3) is 0.857. The highest BCUT2D eigenvalue weighted by Crippen LogP contribution is 2.64. The lowest BCUT2D eigenvalue weighted by molar-refractivity contribution is -0.118. The number of allylic oxidation sites excluding steroid dienone is 2. The maximum Gasteiger partial charge on any atom is 0.124 e. The third-order valence-corrected chi connectivity index (χ3v) is 11.6. The standard InChI is InChI=1S/C28H48Cl4O8/c1-15(19(5)35)11-39-13-17(3)25(7,37)27(31)21(9-33)23(29)24(30)22(10-34)28(27,32)26(8,38)18(4)14-40-12-16(2)20(6)36/h15-20,33-38H,9-14H2,1-8H3. The van der Waals surface area contributed by atoms with Crippen molar-refractivity contribution in [3.8, 4) is 0 Å². The minimum atomic E-state index is -2.22. The van der Waals surface area contributed by atoms with Gasteiger partial charge in [-0.25, -0.2) is 0 Å². The van der Waals surface area contributed by atoms with Crippen LogP contribution in [0.15, 0.2) is 21.2 Å². The monoisotopic (exact) mass is 652 g/mol. The average Bonchev–Trinajstić information content (AvgIpc) is 2.87. The Balaban J connectivity index is 3.69. The molecule has 0 spiro atoms. The van der Waals surface area contributed by atoms with Crippen molar-refractivity contribution in [1.82, 2.24) is 0 Å². The lowest BCUT2D eigenvalue weighted by Crippen LogP contribution is -2.75. The molecular formula is C28H48Cl4O8. The Morgan fingerprint density at radius 3 is 1.15 bits per heavy atom. The van der Waals surface area contributed by atoms with Gasteiger partial charge in [0.1, 0.15) is 9.75 Å². The van der Waals surface area contributed by atoms with Crippen LogP contribution < -0.4 is 0 Å². The number of aliphatic hydroxyl groups excluding tert-OH is 4. The molecule has 0 saturated heterocycles. The zero-order chi connectivity index (χ0) is 31.4. The van der Waals surface area contributed by atoms with Crippen LogP contribution in [0.4, 0.5) is 0 Å². The molecule has 1 aliphatic rings. The van der Waals surface area contributed by atoms with E-state index >= 15 is 0 Å². The molecule has 0 bridgehead atoms. The van der Waals surface area contributed by atoms with Crippen molar-refractivity contribution in [1.29, 1.82) is 0 Å². The molecule has 0 saturated carbocycles. The number of ether oxygens (including phenoxy) is 2. The van der Waals surface area contributed by atoms with Gasteiger partial charge in [-0.1, -0.05) is 50.9 Å². The first-order valence-electron chi connectivity index (χ1n) is 13.6. The molecule has 10 unspecified atom stereocenters. The van der Waals surface area contributed by atoms with Gasteiger partial charge in [-0.05, 0) is 27.7 Å². The second-order valence-electron chi connectivity index (χ2n) is 11.8. The molecule has 10 atom stereocenters. The number of hydrogen-bond donors (Lipinski definition) is 6. The minimum Gasteiger partial charge on any atom is -0.393 e. The van der Waals surface area contributed by atoms with E-state index in [-0.39, 0.29) is 59.5 Å². The van der Waals surface area contributed by atoms with Crippen LogP contribution in [0.1, 0.15) is 55.4 Å². The summed E-state index contributed by atoms with van der Waals surface area (Å²) >= 11 is 27.9. The highest BCUT2D eigenvalue weighted by atomic mass is 35.5. The average molecular weight is 654 g/mol. The summed E-state index contributed by atoms with van der Waals surface area (Å²) in [5.74, 6) is -1.87. The molecule has 8 nitrogen and oxygen atoms in total. The topological polar surface area (TPSA) is 140 Å². The molecule has 1 rings (SSSR count). The van der Waals surface area contributed by atoms with E-state index in [1.165, 1.54) is 13.8 Å². The first kappa shape index (κ1) is 38.3. The van der Waals surface area contributed by atoms with E-state index in [1.54, 1.807) is 27.7 Å². The zero-order valence-electron chi connectivity index (χ0n) is 24.7. The first-order valence-corrected chi connectivity index (χ1v) is 15.1. The van der Waals surface area contributed by atoms with Crippen molar-refractivity contribution in [3.63, 3.8) is 0 Å². The van der Waals surface area contributed by atoms with E-state index in [0.29, 0.717) is 0 Å². The van der Waals surface area contributed by atoms with Crippen LogP contribution in [0.25, 0.3) is 0 Å². The summed E-state index contributed by atoms with van der Waals surface area (Å²) in [6.07, 6.45) is -1.21. The normalized spacial score (nSPS) is 29.9. The number of aliphatic hydroxyl groups is 6. The Morgan fingerprint density at radius 1 is 0.650 bits per heavy atom. The highest BCUT2D eigenvalue weighted by Gasteiger charge is 2.73. The Kier molecular flexibility index (Phi) is 14.3. The predicted molar refractivity (Wildman–Crippen MR) is 160 cm³/mol. The van der Waals surface area contributed by atoms with E-state index in [1.807, 2.05) is 13.8 Å². The van der Waals surface area contributed by atoms with Crippen LogP contribution in [0, 0.1) is 23.7 Å². The molecule has 0 heterocycles. The predicted octanol–water partition coefficient (Wildman–Crippen LogP) is 3.77. The molecule has 40 heavy (non-hydrogen) atoms. The van der Waals surface area contributed by atoms with E-state index in [4.69, 9.17) is 55.9 Å². The van der Waals surface area contributed by atoms with Gasteiger partial charge in [-0.15, -0.1) is 23.2 Å². The van der Waals surface area contributed by atoms with Crippen molar-refractivity contribution in [2.45, 2.75) is 88.5 Å². The first-order chi connectivity index (χ1) is 18.2. The maximum atomic E-state index is 12.2. The van der Waals surface area contributed by atoms with Crippen molar-refractivity contribution in [3.05, 3.63) is 21.2 Å². The summed E-state index contributed by atoms with van der Waals surface area (Å²) in [5.41, 5.74) is -4.30. The fourth-order valence-electron chi connectivity index (χ4n) is 4.79. The van der Waals surface area contributed by atoms with Gasteiger partial charge in [0, 0.05) is 34.8 Å². The molecule has 0 aromatic heterocycles. The maximum absolute atomic E-state index is 12.2. The quantitative estimate of drug-likeness (QED) is 0.138. The molecule has 6 N–H and O–H groups in total. The van der Waals surface area contributed by atoms with Crippen LogP contribution in [0.5, 0.6) is 0 Å². The lowest BCUT2D eigenvalue weighted by Gasteiger charge is -2.61. The molecule has 1 aliphatic carbocycles. The van der Waals surface area contributed by atoms with E-state index in [0.717, 1.165) is 0 Å². The van der Waals surface area contributed by atoms with Gasteiger partial charge in [0.2, 0.25) is 0 Å². The van der Waals surface area contributed by atoms with Crippen molar-refractivity contribution >= 4 is 46.4 Å². The number of halogens is 4. The highest BCUT2D eigenvalue weighted by molar-refractivity contribution is 6.48. The van der Waals surface area contributed by atoms with E-state index in [2.05, 4.69) is 0 Å². The molecule has 0 aromatic carbocycles. The molecule has 236 valence electrons. The molecule has 0 aliphatic heterocycles. The molecular weight excluding hydrogens is 606 g/mol. The zero-order valence-corrected chi connectivity index (χ0v) is 27.7. The second-order valence-corrected chi connectivity index (χ2v) is 13.7. The van der Waals surface area contributed by atoms with Crippen LogP contribution in [-0.4, -0.2) is 103 Å². The summed E-state index contributed by atoms with van der Waals surface area (Å²) in [5, 5.41) is 64.5. The third kappa shape index (κ3) is 7.00. The summed E-state index contributed by atoms with van der Waals surface area (Å²) in [7, 11) is 0. The Bertz CT molecular complexity index is 835. The summed E-state index contributed by atoms with van der Waals surface area (Å²) in [6.45, 7) is 11.9. The second kappa shape index (κ2) is 14.9. The van der Waals surface area contributed by atoms with Crippen molar-refractivity contribution < 1.29 is 40.1 Å². The molecule has 0 aromatic rings. The van der Waals surface area contributed by atoms with Crippen LogP contribution in [0.2, 0.25) is 0 Å². The van der Waals surface area contributed by atoms with Gasteiger partial charge in [0.25, 0.3) is 0 Å². The summed E-state index contributed by atoms with van der Waals surface area (Å²) in [4.78, 5) is -4.43. The number of rotatable bonds is 16. The van der Waals surface area contributed by atoms with Gasteiger partial charge in [-0.2, -0.15) is 0 Å². The minimum absolute atomic E-state index is 0.0221. The van der Waals surface area contributed by atoms with Gasteiger partial charge < -0.3 is 40.1 Å². The van der Waals surface area contributed by atoms with Gasteiger partial charge in [-0.3, -0.25) is 0 Å². The molecule has 0 amide bonds. The van der Waals surface area contributed by atoms with Gasteiger partial charge in [0.05, 0.1) is 73.1 Å². The molecule has 0 radical (unpaired) electrons.